The lowest BCUT2D eigenvalue weighted by molar-refractivity contribution is -0.122. The highest BCUT2D eigenvalue weighted by Crippen LogP contribution is 2.14. The molecule has 0 fully saturated rings. The molecule has 0 radical (unpaired) electrons. The van der Waals surface area contributed by atoms with Gasteiger partial charge in [0.25, 0.3) is 5.56 Å². The number of benzene rings is 1. The molecule has 1 aromatic heterocycles. The van der Waals surface area contributed by atoms with Gasteiger partial charge in [-0.05, 0) is 31.4 Å². The van der Waals surface area contributed by atoms with E-state index in [1.165, 1.54) is 10.9 Å². The van der Waals surface area contributed by atoms with Gasteiger partial charge in [-0.2, -0.15) is 0 Å². The fraction of sp³-hybridized carbons (Fsp3) is 0.500. The Labute approximate surface area is 141 Å². The first kappa shape index (κ1) is 18.1. The third-order valence-electron chi connectivity index (χ3n) is 4.52. The van der Waals surface area contributed by atoms with Crippen LogP contribution in [-0.4, -0.2) is 32.7 Å². The van der Waals surface area contributed by atoms with Crippen molar-refractivity contribution in [3.05, 3.63) is 40.4 Å². The maximum absolute atomic E-state index is 12.5. The number of nitrogens with zero attached hydrogens (tertiary/aromatic N) is 2. The van der Waals surface area contributed by atoms with E-state index < -0.39 is 5.60 Å². The Kier molecular flexibility index (Phi) is 5.39. The van der Waals surface area contributed by atoms with Crippen LogP contribution in [0.15, 0.2) is 29.3 Å². The molecule has 1 heterocycles. The first-order valence-electron chi connectivity index (χ1n) is 8.16. The summed E-state index contributed by atoms with van der Waals surface area (Å²) in [7, 11) is 0. The van der Waals surface area contributed by atoms with E-state index in [0.717, 1.165) is 5.56 Å². The number of hydrogen-bond acceptors (Lipinski definition) is 4. The van der Waals surface area contributed by atoms with Crippen LogP contribution in [0.25, 0.3) is 10.9 Å². The molecule has 1 atom stereocenters. The summed E-state index contributed by atoms with van der Waals surface area (Å²) in [6, 6.07) is 5.48. The van der Waals surface area contributed by atoms with Crippen molar-refractivity contribution in [2.75, 3.05) is 6.54 Å². The van der Waals surface area contributed by atoms with Gasteiger partial charge < -0.3 is 10.4 Å². The van der Waals surface area contributed by atoms with Crippen LogP contribution in [0.2, 0.25) is 0 Å². The third-order valence-corrected chi connectivity index (χ3v) is 4.52. The van der Waals surface area contributed by atoms with E-state index in [0.29, 0.717) is 10.9 Å². The lowest BCUT2D eigenvalue weighted by Crippen LogP contribution is -2.44. The zero-order valence-corrected chi connectivity index (χ0v) is 14.7. The molecule has 0 aliphatic carbocycles. The first-order chi connectivity index (χ1) is 11.2. The summed E-state index contributed by atoms with van der Waals surface area (Å²) in [5.41, 5.74) is 0.543. The molecule has 2 rings (SSSR count). The molecule has 0 aliphatic rings. The normalized spacial score (nSPS) is 13.9. The van der Waals surface area contributed by atoms with Gasteiger partial charge in [0.15, 0.2) is 0 Å². The number of aliphatic hydroxyl groups is 1. The Morgan fingerprint density at radius 3 is 2.79 bits per heavy atom. The van der Waals surface area contributed by atoms with Gasteiger partial charge in [-0.1, -0.05) is 26.0 Å². The Morgan fingerprint density at radius 2 is 2.12 bits per heavy atom. The Balaban J connectivity index is 2.02. The van der Waals surface area contributed by atoms with Crippen LogP contribution < -0.4 is 10.9 Å². The van der Waals surface area contributed by atoms with Crippen molar-refractivity contribution in [2.24, 2.45) is 5.92 Å². The van der Waals surface area contributed by atoms with Gasteiger partial charge in [-0.15, -0.1) is 0 Å². The van der Waals surface area contributed by atoms with Crippen molar-refractivity contribution in [3.8, 4) is 0 Å². The summed E-state index contributed by atoms with van der Waals surface area (Å²) in [6.07, 6.45) is 1.64. The van der Waals surface area contributed by atoms with Gasteiger partial charge in [0.05, 0.1) is 22.8 Å². The molecule has 0 saturated heterocycles. The first-order valence-corrected chi connectivity index (χ1v) is 8.16. The lowest BCUT2D eigenvalue weighted by Gasteiger charge is -2.27. The molecule has 6 heteroatoms. The van der Waals surface area contributed by atoms with E-state index in [1.54, 1.807) is 13.0 Å². The van der Waals surface area contributed by atoms with Crippen molar-refractivity contribution in [2.45, 2.75) is 46.3 Å². The number of aryl methyl sites for hydroxylation is 2. The molecule has 6 nitrogen and oxygen atoms in total. The molecular formula is C18H25N3O3. The second-order valence-electron chi connectivity index (χ2n) is 6.75. The average Bonchev–Trinajstić information content (AvgIpc) is 2.53. The Morgan fingerprint density at radius 1 is 1.42 bits per heavy atom. The van der Waals surface area contributed by atoms with Crippen LogP contribution in [0.1, 0.15) is 32.8 Å². The van der Waals surface area contributed by atoms with E-state index in [1.807, 2.05) is 32.9 Å². The van der Waals surface area contributed by atoms with Crippen molar-refractivity contribution >= 4 is 16.8 Å². The number of carbonyl (C=O) groups is 1. The quantitative estimate of drug-likeness (QED) is 0.842. The Hall–Kier alpha value is -2.21. The van der Waals surface area contributed by atoms with Gasteiger partial charge in [-0.3, -0.25) is 14.2 Å². The second-order valence-corrected chi connectivity index (χ2v) is 6.75. The van der Waals surface area contributed by atoms with Crippen molar-refractivity contribution in [1.29, 1.82) is 0 Å². The zero-order chi connectivity index (χ0) is 17.9. The van der Waals surface area contributed by atoms with Crippen molar-refractivity contribution < 1.29 is 9.90 Å². The molecule has 0 saturated carbocycles. The summed E-state index contributed by atoms with van der Waals surface area (Å²) >= 11 is 0. The van der Waals surface area contributed by atoms with E-state index in [-0.39, 0.29) is 36.9 Å². The molecule has 1 aromatic carbocycles. The predicted octanol–water partition coefficient (Wildman–Crippen LogP) is 1.62. The number of aromatic nitrogens is 2. The zero-order valence-electron chi connectivity index (χ0n) is 14.7. The molecule has 2 aromatic rings. The standard InChI is InChI=1S/C18H25N3O3/c1-12(2)18(4,24)10-19-15(22)8-9-21-11-20-16-13(3)6-5-7-14(16)17(21)23/h5-7,11-12,24H,8-10H2,1-4H3,(H,19,22). The van der Waals surface area contributed by atoms with E-state index in [4.69, 9.17) is 0 Å². The minimum Gasteiger partial charge on any atom is -0.388 e. The Bertz CT molecular complexity index is 794. The molecule has 0 aliphatic heterocycles. The maximum atomic E-state index is 12.5. The number of nitrogens with one attached hydrogen (secondary N) is 1. The number of carbonyl (C=O) groups excluding carboxylic acids is 1. The van der Waals surface area contributed by atoms with Gasteiger partial charge in [0.2, 0.25) is 5.91 Å². The molecule has 2 N–H and O–H groups in total. The summed E-state index contributed by atoms with van der Waals surface area (Å²) in [5.74, 6) is -0.166. The topological polar surface area (TPSA) is 84.2 Å². The van der Waals surface area contributed by atoms with Crippen LogP contribution in [-0.2, 0) is 11.3 Å². The molecule has 130 valence electrons. The molecule has 0 spiro atoms. The molecule has 24 heavy (non-hydrogen) atoms. The van der Waals surface area contributed by atoms with Gasteiger partial charge in [0.1, 0.15) is 0 Å². The molecular weight excluding hydrogens is 306 g/mol. The molecule has 0 bridgehead atoms. The number of rotatable bonds is 6. The third kappa shape index (κ3) is 4.00. The average molecular weight is 331 g/mol. The fourth-order valence-corrected chi connectivity index (χ4v) is 2.29. The van der Waals surface area contributed by atoms with Gasteiger partial charge in [0, 0.05) is 19.5 Å². The fourth-order valence-electron chi connectivity index (χ4n) is 2.29. The van der Waals surface area contributed by atoms with Crippen LogP contribution in [0.5, 0.6) is 0 Å². The maximum Gasteiger partial charge on any atom is 0.261 e. The number of hydrogen-bond donors (Lipinski definition) is 2. The van der Waals surface area contributed by atoms with Crippen LogP contribution in [0.3, 0.4) is 0 Å². The minimum absolute atomic E-state index is 0.0355. The van der Waals surface area contributed by atoms with Gasteiger partial charge in [-0.25, -0.2) is 4.98 Å². The van der Waals surface area contributed by atoms with Crippen molar-refractivity contribution in [3.63, 3.8) is 0 Å². The van der Waals surface area contributed by atoms with E-state index >= 15 is 0 Å². The number of para-hydroxylation sites is 1. The highest BCUT2D eigenvalue weighted by Gasteiger charge is 2.25. The monoisotopic (exact) mass is 331 g/mol. The molecule has 1 amide bonds. The highest BCUT2D eigenvalue weighted by atomic mass is 16.3. The van der Waals surface area contributed by atoms with Gasteiger partial charge >= 0.3 is 0 Å². The minimum atomic E-state index is -0.950. The smallest absolute Gasteiger partial charge is 0.261 e. The summed E-state index contributed by atoms with van der Waals surface area (Å²) < 4.78 is 1.45. The molecule has 1 unspecified atom stereocenters. The number of fused-ring (bicyclic) bond motifs is 1. The van der Waals surface area contributed by atoms with E-state index in [2.05, 4.69) is 10.3 Å². The van der Waals surface area contributed by atoms with E-state index in [9.17, 15) is 14.7 Å². The lowest BCUT2D eigenvalue weighted by atomic mass is 9.92. The van der Waals surface area contributed by atoms with Crippen LogP contribution in [0.4, 0.5) is 0 Å². The summed E-state index contributed by atoms with van der Waals surface area (Å²) in [5, 5.41) is 13.4. The van der Waals surface area contributed by atoms with Crippen LogP contribution in [0, 0.1) is 12.8 Å². The largest absolute Gasteiger partial charge is 0.388 e. The predicted molar refractivity (Wildman–Crippen MR) is 93.8 cm³/mol. The highest BCUT2D eigenvalue weighted by molar-refractivity contribution is 5.80. The summed E-state index contributed by atoms with van der Waals surface area (Å²) in [4.78, 5) is 28.7. The second kappa shape index (κ2) is 7.13. The summed E-state index contributed by atoms with van der Waals surface area (Å²) in [6.45, 7) is 7.84. The number of amides is 1. The SMILES string of the molecule is Cc1cccc2c(=O)n(CCC(=O)NCC(C)(O)C(C)C)cnc12. The van der Waals surface area contributed by atoms with Crippen LogP contribution >= 0.6 is 0 Å². The van der Waals surface area contributed by atoms with Crippen molar-refractivity contribution in [1.82, 2.24) is 14.9 Å².